The highest BCUT2D eigenvalue weighted by Gasteiger charge is 2.21. The van der Waals surface area contributed by atoms with E-state index in [-0.39, 0.29) is 0 Å². The fourth-order valence-corrected chi connectivity index (χ4v) is 2.85. The number of nitrogens with zero attached hydrogens (tertiary/aromatic N) is 1. The van der Waals surface area contributed by atoms with Crippen molar-refractivity contribution < 1.29 is 0 Å². The van der Waals surface area contributed by atoms with E-state index < -0.39 is 0 Å². The van der Waals surface area contributed by atoms with Gasteiger partial charge in [-0.25, -0.2) is 0 Å². The average Bonchev–Trinajstić information content (AvgIpc) is 2.66. The third kappa shape index (κ3) is 3.79. The van der Waals surface area contributed by atoms with Gasteiger partial charge in [-0.05, 0) is 36.8 Å². The van der Waals surface area contributed by atoms with Crippen molar-refractivity contribution in [2.75, 3.05) is 0 Å². The van der Waals surface area contributed by atoms with Crippen molar-refractivity contribution in [3.05, 3.63) is 30.1 Å². The van der Waals surface area contributed by atoms with Gasteiger partial charge in [0.15, 0.2) is 0 Å². The van der Waals surface area contributed by atoms with Gasteiger partial charge in [-0.2, -0.15) is 0 Å². The molecule has 3 N–H and O–H groups in total. The van der Waals surface area contributed by atoms with Crippen molar-refractivity contribution in [3.63, 3.8) is 0 Å². The second kappa shape index (κ2) is 6.72. The van der Waals surface area contributed by atoms with Crippen LogP contribution >= 0.6 is 0 Å². The van der Waals surface area contributed by atoms with Gasteiger partial charge < -0.3 is 0 Å². The van der Waals surface area contributed by atoms with Crippen molar-refractivity contribution >= 4 is 0 Å². The molecule has 1 saturated carbocycles. The summed E-state index contributed by atoms with van der Waals surface area (Å²) >= 11 is 0. The zero-order valence-electron chi connectivity index (χ0n) is 10.4. The number of hydrazine groups is 1. The lowest BCUT2D eigenvalue weighted by molar-refractivity contribution is 0.320. The first-order valence-corrected chi connectivity index (χ1v) is 6.75. The van der Waals surface area contributed by atoms with Crippen LogP contribution in [0.2, 0.25) is 0 Å². The normalized spacial score (nSPS) is 19.8. The maximum absolute atomic E-state index is 5.73. The summed E-state index contributed by atoms with van der Waals surface area (Å²) in [5.74, 6) is 6.46. The van der Waals surface area contributed by atoms with Crippen LogP contribution in [0.15, 0.2) is 24.5 Å². The minimum absolute atomic E-state index is 0.400. The van der Waals surface area contributed by atoms with Crippen LogP contribution in [0, 0.1) is 5.92 Å². The first kappa shape index (κ1) is 12.5. The van der Waals surface area contributed by atoms with Gasteiger partial charge in [-0.3, -0.25) is 16.3 Å². The highest BCUT2D eigenvalue weighted by molar-refractivity contribution is 5.10. The first-order valence-electron chi connectivity index (χ1n) is 6.75. The van der Waals surface area contributed by atoms with E-state index in [9.17, 15) is 0 Å². The third-order valence-electron chi connectivity index (χ3n) is 3.86. The first-order chi connectivity index (χ1) is 8.40. The van der Waals surface area contributed by atoms with Crippen LogP contribution in [0.25, 0.3) is 0 Å². The lowest BCUT2D eigenvalue weighted by atomic mass is 9.88. The Kier molecular flexibility index (Phi) is 4.95. The summed E-state index contributed by atoms with van der Waals surface area (Å²) in [6.07, 6.45) is 12.9. The van der Waals surface area contributed by atoms with Gasteiger partial charge in [0.05, 0.1) is 0 Å². The Morgan fingerprint density at radius 3 is 2.65 bits per heavy atom. The minimum Gasteiger partial charge on any atom is -0.271 e. The smallest absolute Gasteiger partial charge is 0.0300 e. The Morgan fingerprint density at radius 1 is 1.29 bits per heavy atom. The summed E-state index contributed by atoms with van der Waals surface area (Å²) in [6, 6.07) is 4.53. The van der Waals surface area contributed by atoms with Gasteiger partial charge in [0, 0.05) is 18.4 Å². The molecule has 94 valence electrons. The van der Waals surface area contributed by atoms with Crippen molar-refractivity contribution in [2.45, 2.75) is 51.0 Å². The van der Waals surface area contributed by atoms with E-state index in [1.165, 1.54) is 44.1 Å². The molecule has 1 aromatic rings. The molecule has 1 aliphatic rings. The molecule has 1 heterocycles. The fraction of sp³-hybridized carbons (Fsp3) is 0.643. The molecule has 1 unspecified atom stereocenters. The quantitative estimate of drug-likeness (QED) is 0.477. The van der Waals surface area contributed by atoms with E-state index in [1.807, 2.05) is 18.5 Å². The number of hydrogen-bond donors (Lipinski definition) is 2. The molecule has 1 atom stereocenters. The van der Waals surface area contributed by atoms with Crippen LogP contribution in [0.3, 0.4) is 0 Å². The van der Waals surface area contributed by atoms with Gasteiger partial charge in [-0.15, -0.1) is 0 Å². The molecule has 0 amide bonds. The lowest BCUT2D eigenvalue weighted by Gasteiger charge is -2.25. The predicted octanol–water partition coefficient (Wildman–Crippen LogP) is 2.43. The summed E-state index contributed by atoms with van der Waals surface area (Å²) < 4.78 is 0. The van der Waals surface area contributed by atoms with Gasteiger partial charge in [-0.1, -0.05) is 31.7 Å². The van der Waals surface area contributed by atoms with Crippen molar-refractivity contribution in [3.8, 4) is 0 Å². The number of nitrogens with one attached hydrogen (secondary N) is 1. The van der Waals surface area contributed by atoms with E-state index in [0.717, 1.165) is 12.3 Å². The maximum Gasteiger partial charge on any atom is 0.0300 e. The Hall–Kier alpha value is -0.930. The Morgan fingerprint density at radius 2 is 2.06 bits per heavy atom. The highest BCUT2D eigenvalue weighted by atomic mass is 15.2. The van der Waals surface area contributed by atoms with Crippen LogP contribution in [0.5, 0.6) is 0 Å². The second-order valence-corrected chi connectivity index (χ2v) is 5.09. The van der Waals surface area contributed by atoms with E-state index >= 15 is 0 Å². The summed E-state index contributed by atoms with van der Waals surface area (Å²) in [6.45, 7) is 0. The Labute approximate surface area is 104 Å². The molecule has 3 nitrogen and oxygen atoms in total. The fourth-order valence-electron chi connectivity index (χ4n) is 2.85. The van der Waals surface area contributed by atoms with E-state index in [2.05, 4.69) is 16.5 Å². The number of pyridine rings is 1. The summed E-state index contributed by atoms with van der Waals surface area (Å²) in [4.78, 5) is 4.17. The Balaban J connectivity index is 1.95. The SMILES string of the molecule is NNC(Cc1cccnc1)C1CCCCCC1. The topological polar surface area (TPSA) is 50.9 Å². The van der Waals surface area contributed by atoms with Crippen LogP contribution < -0.4 is 11.3 Å². The largest absolute Gasteiger partial charge is 0.271 e. The molecular weight excluding hydrogens is 210 g/mol. The highest BCUT2D eigenvalue weighted by Crippen LogP contribution is 2.26. The number of nitrogens with two attached hydrogens (primary N) is 1. The lowest BCUT2D eigenvalue weighted by Crippen LogP contribution is -2.42. The van der Waals surface area contributed by atoms with Crippen LogP contribution in [-0.4, -0.2) is 11.0 Å². The molecule has 1 aromatic heterocycles. The molecule has 3 heteroatoms. The molecule has 0 saturated heterocycles. The molecule has 1 fully saturated rings. The number of rotatable bonds is 4. The molecular formula is C14H23N3. The molecule has 2 rings (SSSR count). The van der Waals surface area contributed by atoms with Crippen molar-refractivity contribution in [2.24, 2.45) is 11.8 Å². The molecule has 0 spiro atoms. The van der Waals surface area contributed by atoms with Gasteiger partial charge in [0.1, 0.15) is 0 Å². The van der Waals surface area contributed by atoms with Crippen molar-refractivity contribution in [1.29, 1.82) is 0 Å². The molecule has 0 bridgehead atoms. The molecule has 17 heavy (non-hydrogen) atoms. The molecule has 1 aliphatic carbocycles. The molecule has 0 radical (unpaired) electrons. The molecule has 0 aliphatic heterocycles. The monoisotopic (exact) mass is 233 g/mol. The van der Waals surface area contributed by atoms with Crippen molar-refractivity contribution in [1.82, 2.24) is 10.4 Å². The standard InChI is InChI=1S/C14H23N3/c15-17-14(10-12-6-5-9-16-11-12)13-7-3-1-2-4-8-13/h5-6,9,11,13-14,17H,1-4,7-8,10,15H2. The van der Waals surface area contributed by atoms with Gasteiger partial charge in [0.25, 0.3) is 0 Å². The number of hydrogen-bond acceptors (Lipinski definition) is 3. The van der Waals surface area contributed by atoms with Gasteiger partial charge >= 0.3 is 0 Å². The van der Waals surface area contributed by atoms with Crippen LogP contribution in [0.1, 0.15) is 44.1 Å². The summed E-state index contributed by atoms with van der Waals surface area (Å²) in [5.41, 5.74) is 4.30. The average molecular weight is 233 g/mol. The third-order valence-corrected chi connectivity index (χ3v) is 3.86. The molecule has 0 aromatic carbocycles. The predicted molar refractivity (Wildman–Crippen MR) is 70.2 cm³/mol. The Bertz CT molecular complexity index is 305. The minimum atomic E-state index is 0.400. The van der Waals surface area contributed by atoms with Crippen LogP contribution in [0.4, 0.5) is 0 Å². The second-order valence-electron chi connectivity index (χ2n) is 5.09. The van der Waals surface area contributed by atoms with E-state index in [0.29, 0.717) is 6.04 Å². The summed E-state index contributed by atoms with van der Waals surface area (Å²) in [7, 11) is 0. The van der Waals surface area contributed by atoms with E-state index in [1.54, 1.807) is 0 Å². The zero-order valence-corrected chi connectivity index (χ0v) is 10.4. The zero-order chi connectivity index (χ0) is 11.9. The van der Waals surface area contributed by atoms with Crippen LogP contribution in [-0.2, 0) is 6.42 Å². The van der Waals surface area contributed by atoms with Gasteiger partial charge in [0.2, 0.25) is 0 Å². The number of aromatic nitrogens is 1. The van der Waals surface area contributed by atoms with E-state index in [4.69, 9.17) is 5.84 Å². The maximum atomic E-state index is 5.73. The summed E-state index contributed by atoms with van der Waals surface area (Å²) in [5, 5.41) is 0.